The number of pyridine rings is 1. The summed E-state index contributed by atoms with van der Waals surface area (Å²) in [7, 11) is 3.45. The molecule has 5 rings (SSSR count). The molecule has 1 fully saturated rings. The number of rotatable bonds is 10. The van der Waals surface area contributed by atoms with E-state index in [-0.39, 0.29) is 17.7 Å². The first-order valence-corrected chi connectivity index (χ1v) is 14.9. The third-order valence-electron chi connectivity index (χ3n) is 8.00. The van der Waals surface area contributed by atoms with Crippen LogP contribution >= 0.6 is 0 Å². The molecule has 1 aliphatic heterocycles. The van der Waals surface area contributed by atoms with Gasteiger partial charge in [-0.3, -0.25) is 9.69 Å². The molecule has 2 aromatic carbocycles. The van der Waals surface area contributed by atoms with Gasteiger partial charge in [0.05, 0.1) is 17.2 Å². The van der Waals surface area contributed by atoms with E-state index in [1.54, 1.807) is 54.2 Å². The number of anilines is 2. The molecule has 0 atom stereocenters. The summed E-state index contributed by atoms with van der Waals surface area (Å²) in [6, 6.07) is 13.8. The average Bonchev–Trinajstić information content (AvgIpc) is 3.46. The molecule has 234 valence electrons. The van der Waals surface area contributed by atoms with E-state index in [9.17, 15) is 23.2 Å². The van der Waals surface area contributed by atoms with Crippen LogP contribution in [-0.2, 0) is 26.3 Å². The molecule has 0 saturated carbocycles. The Labute approximate surface area is 260 Å². The summed E-state index contributed by atoms with van der Waals surface area (Å²) in [5.41, 5.74) is 2.15. The topological polar surface area (TPSA) is 103 Å². The lowest BCUT2D eigenvalue weighted by Gasteiger charge is -2.28. The van der Waals surface area contributed by atoms with Gasteiger partial charge in [-0.1, -0.05) is 12.5 Å². The molecule has 12 heteroatoms. The van der Waals surface area contributed by atoms with E-state index in [0.29, 0.717) is 59.1 Å². The molecular formula is C33H35F3N8O. The van der Waals surface area contributed by atoms with Gasteiger partial charge < -0.3 is 14.8 Å². The van der Waals surface area contributed by atoms with E-state index in [4.69, 9.17) is 0 Å². The summed E-state index contributed by atoms with van der Waals surface area (Å²) in [5, 5.41) is 21.0. The molecule has 0 spiro atoms. The van der Waals surface area contributed by atoms with Crippen LogP contribution in [0.25, 0.3) is 22.5 Å². The maximum atomic E-state index is 14.5. The van der Waals surface area contributed by atoms with Crippen molar-refractivity contribution in [1.82, 2.24) is 24.6 Å². The molecule has 1 aliphatic rings. The highest BCUT2D eigenvalue weighted by Crippen LogP contribution is 2.37. The number of carbonyl (C=O) groups is 1. The molecular weight excluding hydrogens is 581 g/mol. The van der Waals surface area contributed by atoms with Gasteiger partial charge in [-0.25, -0.2) is 4.98 Å². The number of nitriles is 1. The first-order chi connectivity index (χ1) is 21.6. The molecule has 0 bridgehead atoms. The second-order valence-corrected chi connectivity index (χ2v) is 11.3. The Morgan fingerprint density at radius 2 is 1.87 bits per heavy atom. The minimum Gasteiger partial charge on any atom is -0.370 e. The molecule has 0 radical (unpaired) electrons. The third-order valence-corrected chi connectivity index (χ3v) is 8.00. The number of nitrogens with zero attached hydrogens (tertiary/aromatic N) is 7. The van der Waals surface area contributed by atoms with Crippen LogP contribution in [0, 0.1) is 11.3 Å². The molecule has 3 heterocycles. The Morgan fingerprint density at radius 3 is 2.51 bits per heavy atom. The second-order valence-electron chi connectivity index (χ2n) is 11.3. The normalized spacial score (nSPS) is 13.8. The van der Waals surface area contributed by atoms with Crippen molar-refractivity contribution in [2.24, 2.45) is 7.05 Å². The number of hydrogen-bond acceptors (Lipinski definition) is 8. The molecule has 4 aromatic rings. The Kier molecular flexibility index (Phi) is 9.48. The molecule has 2 aromatic heterocycles. The molecule has 0 aliphatic carbocycles. The summed E-state index contributed by atoms with van der Waals surface area (Å²) in [4.78, 5) is 20.6. The van der Waals surface area contributed by atoms with Gasteiger partial charge in [0.25, 0.3) is 0 Å². The number of aromatic nitrogens is 4. The van der Waals surface area contributed by atoms with Crippen molar-refractivity contribution in [3.8, 4) is 28.6 Å². The molecule has 0 unspecified atom stereocenters. The fourth-order valence-electron chi connectivity index (χ4n) is 5.79. The number of hydrogen-bond donors (Lipinski definition) is 1. The lowest BCUT2D eigenvalue weighted by atomic mass is 9.96. The van der Waals surface area contributed by atoms with Gasteiger partial charge in [-0.2, -0.15) is 18.4 Å². The van der Waals surface area contributed by atoms with E-state index in [2.05, 4.69) is 31.5 Å². The van der Waals surface area contributed by atoms with E-state index in [1.165, 1.54) is 6.07 Å². The second kappa shape index (κ2) is 13.5. The molecule has 1 N–H and O–H groups in total. The number of piperidine rings is 1. The molecule has 0 amide bonds. The molecule has 45 heavy (non-hydrogen) atoms. The largest absolute Gasteiger partial charge is 0.416 e. The Morgan fingerprint density at radius 1 is 1.09 bits per heavy atom. The van der Waals surface area contributed by atoms with Crippen molar-refractivity contribution in [2.45, 2.75) is 45.5 Å². The Balaban J connectivity index is 1.56. The minimum atomic E-state index is -4.65. The lowest BCUT2D eigenvalue weighted by Crippen LogP contribution is -2.29. The first kappa shape index (κ1) is 31.7. The third kappa shape index (κ3) is 7.15. The highest BCUT2D eigenvalue weighted by atomic mass is 19.4. The van der Waals surface area contributed by atoms with E-state index in [1.807, 2.05) is 19.1 Å². The zero-order chi connectivity index (χ0) is 32.1. The van der Waals surface area contributed by atoms with Gasteiger partial charge in [0.2, 0.25) is 0 Å². The number of alkyl halides is 3. The fraction of sp³-hybridized carbons (Fsp3) is 0.364. The van der Waals surface area contributed by atoms with Gasteiger partial charge in [0.15, 0.2) is 5.82 Å². The van der Waals surface area contributed by atoms with Crippen molar-refractivity contribution < 1.29 is 18.0 Å². The number of benzene rings is 2. The van der Waals surface area contributed by atoms with Crippen LogP contribution in [-0.4, -0.2) is 57.6 Å². The highest BCUT2D eigenvalue weighted by molar-refractivity contribution is 5.84. The molecule has 9 nitrogen and oxygen atoms in total. The van der Waals surface area contributed by atoms with Crippen molar-refractivity contribution in [1.29, 1.82) is 5.26 Å². The number of likely N-dealkylation sites (tertiary alicyclic amines) is 1. The lowest BCUT2D eigenvalue weighted by molar-refractivity contribution is -0.138. The predicted octanol–water partition coefficient (Wildman–Crippen LogP) is 6.30. The van der Waals surface area contributed by atoms with Crippen LogP contribution in [0.15, 0.2) is 48.8 Å². The van der Waals surface area contributed by atoms with Crippen molar-refractivity contribution >= 4 is 17.9 Å². The van der Waals surface area contributed by atoms with Gasteiger partial charge in [0.1, 0.15) is 24.2 Å². The van der Waals surface area contributed by atoms with E-state index >= 15 is 0 Å². The number of carbonyl (C=O) groups excluding carboxylic acids is 1. The minimum absolute atomic E-state index is 0.0170. The van der Waals surface area contributed by atoms with Crippen molar-refractivity contribution in [2.75, 3.05) is 36.9 Å². The van der Waals surface area contributed by atoms with Crippen LogP contribution in [0.3, 0.4) is 0 Å². The summed E-state index contributed by atoms with van der Waals surface area (Å²) in [5.74, 6) is 1.47. The zero-order valence-electron chi connectivity index (χ0n) is 25.5. The number of aldehydes is 1. The van der Waals surface area contributed by atoms with Crippen LogP contribution in [0.4, 0.5) is 24.8 Å². The van der Waals surface area contributed by atoms with Crippen molar-refractivity contribution in [3.63, 3.8) is 0 Å². The van der Waals surface area contributed by atoms with Crippen molar-refractivity contribution in [3.05, 3.63) is 76.6 Å². The number of halogens is 3. The smallest absolute Gasteiger partial charge is 0.370 e. The van der Waals surface area contributed by atoms with Crippen LogP contribution in [0.5, 0.6) is 0 Å². The molecule has 1 saturated heterocycles. The van der Waals surface area contributed by atoms with E-state index in [0.717, 1.165) is 37.9 Å². The van der Waals surface area contributed by atoms with E-state index < -0.39 is 11.7 Å². The highest BCUT2D eigenvalue weighted by Gasteiger charge is 2.35. The monoisotopic (exact) mass is 616 g/mol. The summed E-state index contributed by atoms with van der Waals surface area (Å²) in [6.07, 6.45) is 0.568. The fourth-order valence-corrected chi connectivity index (χ4v) is 5.79. The van der Waals surface area contributed by atoms with Gasteiger partial charge in [-0.15, -0.1) is 10.2 Å². The average molecular weight is 617 g/mol. The van der Waals surface area contributed by atoms with Crippen LogP contribution < -0.4 is 10.2 Å². The maximum Gasteiger partial charge on any atom is 0.416 e. The number of aryl methyl sites for hydroxylation is 1. The summed E-state index contributed by atoms with van der Waals surface area (Å²) < 4.78 is 45.2. The predicted molar refractivity (Wildman–Crippen MR) is 167 cm³/mol. The summed E-state index contributed by atoms with van der Waals surface area (Å²) in [6.45, 7) is 4.32. The van der Waals surface area contributed by atoms with Crippen LogP contribution in [0.2, 0.25) is 0 Å². The quantitative estimate of drug-likeness (QED) is 0.207. The summed E-state index contributed by atoms with van der Waals surface area (Å²) >= 11 is 0. The first-order valence-electron chi connectivity index (χ1n) is 14.9. The SMILES string of the molecule is CCNc1cc(-c2ccc(C#N)cc2-c2nncn2C)cc(N(C)Cc2c(C=O)cc(CN3CCCCC3)cc2C(F)(F)F)n1. The Hall–Kier alpha value is -4.76. The van der Waals surface area contributed by atoms with Gasteiger partial charge in [0, 0.05) is 44.9 Å². The van der Waals surface area contributed by atoms with Gasteiger partial charge in [-0.05, 0) is 91.5 Å². The maximum absolute atomic E-state index is 14.5. The number of nitrogens with one attached hydrogen (secondary N) is 1. The van der Waals surface area contributed by atoms with Gasteiger partial charge >= 0.3 is 6.18 Å². The Bertz CT molecular complexity index is 1720. The zero-order valence-corrected chi connectivity index (χ0v) is 25.5. The standard InChI is InChI=1S/C33H35F3N8O/c1-4-38-30-15-24(26-9-8-22(17-37)13-27(26)32-41-39-21-43(32)3)16-31(40-30)42(2)19-28-25(20-45)12-23(14-29(28)33(34,35)36)18-44-10-6-5-7-11-44/h8-9,12-16,20-21H,4-7,10-11,18-19H2,1-3H3,(H,38,40). The van der Waals surface area contributed by atoms with Crippen LogP contribution in [0.1, 0.15) is 58.8 Å².